The van der Waals surface area contributed by atoms with E-state index in [-0.39, 0.29) is 17.3 Å². The summed E-state index contributed by atoms with van der Waals surface area (Å²) in [6.07, 6.45) is 0.772. The van der Waals surface area contributed by atoms with Gasteiger partial charge in [0.25, 0.3) is 0 Å². The van der Waals surface area contributed by atoms with Crippen molar-refractivity contribution in [3.05, 3.63) is 29.8 Å². The molecular weight excluding hydrogens is 328 g/mol. The molecule has 0 atom stereocenters. The van der Waals surface area contributed by atoms with Crippen molar-refractivity contribution in [3.8, 4) is 0 Å². The summed E-state index contributed by atoms with van der Waals surface area (Å²) >= 11 is 0. The molecule has 0 aliphatic rings. The molecule has 0 spiro atoms. The molecule has 0 unspecified atom stereocenters. The Bertz CT molecular complexity index is 494. The smallest absolute Gasteiger partial charge is 0.240 e. The van der Waals surface area contributed by atoms with Crippen LogP contribution in [-0.4, -0.2) is 55.5 Å². The molecule has 0 saturated carbocycles. The summed E-state index contributed by atoms with van der Waals surface area (Å²) in [5.74, 6) is 0. The van der Waals surface area contributed by atoms with Gasteiger partial charge in [0.05, 0.1) is 18.1 Å². The molecular formula is C14H25ClN2O4S. The Kier molecular flexibility index (Phi) is 11.4. The average molecular weight is 353 g/mol. The molecule has 8 heteroatoms. The molecule has 2 N–H and O–H groups in total. The first-order valence-electron chi connectivity index (χ1n) is 6.87. The number of nitrogens with one attached hydrogen (secondary N) is 2. The van der Waals surface area contributed by atoms with E-state index >= 15 is 0 Å². The second kappa shape index (κ2) is 11.8. The highest BCUT2D eigenvalue weighted by molar-refractivity contribution is 7.89. The number of hydrogen-bond acceptors (Lipinski definition) is 5. The lowest BCUT2D eigenvalue weighted by Gasteiger charge is -2.08. The highest BCUT2D eigenvalue weighted by atomic mass is 35.5. The molecule has 1 aromatic carbocycles. The van der Waals surface area contributed by atoms with E-state index in [1.54, 1.807) is 26.4 Å². The van der Waals surface area contributed by atoms with E-state index in [1.165, 1.54) is 0 Å². The van der Waals surface area contributed by atoms with Gasteiger partial charge in [-0.05, 0) is 24.1 Å². The lowest BCUT2D eigenvalue weighted by atomic mass is 10.2. The Labute approximate surface area is 139 Å². The van der Waals surface area contributed by atoms with Crippen molar-refractivity contribution in [2.45, 2.75) is 11.3 Å². The van der Waals surface area contributed by atoms with Crippen LogP contribution in [0.4, 0.5) is 0 Å². The maximum atomic E-state index is 12.1. The summed E-state index contributed by atoms with van der Waals surface area (Å²) < 4.78 is 36.6. The summed E-state index contributed by atoms with van der Waals surface area (Å²) in [6.45, 7) is 2.84. The Hall–Kier alpha value is -0.700. The standard InChI is InChI=1S/C14H24N2O4S.ClH/c1-19-11-7-13-3-5-14(6-4-13)21(17,18)16-9-8-15-10-12-20-2;/h3-6,15-16H,7-12H2,1-2H3;1H. The van der Waals surface area contributed by atoms with Crippen LogP contribution in [0.3, 0.4) is 0 Å². The third-order valence-electron chi connectivity index (χ3n) is 2.91. The van der Waals surface area contributed by atoms with Crippen LogP contribution in [0, 0.1) is 0 Å². The molecule has 1 rings (SSSR count). The SMILES string of the molecule is COCCNCCNS(=O)(=O)c1ccc(CCOC)cc1.Cl. The first-order valence-corrected chi connectivity index (χ1v) is 8.35. The van der Waals surface area contributed by atoms with Crippen LogP contribution in [0.1, 0.15) is 5.56 Å². The maximum absolute atomic E-state index is 12.1. The molecule has 0 heterocycles. The van der Waals surface area contributed by atoms with E-state index in [0.717, 1.165) is 12.0 Å². The van der Waals surface area contributed by atoms with Crippen molar-refractivity contribution in [2.24, 2.45) is 0 Å². The lowest BCUT2D eigenvalue weighted by Crippen LogP contribution is -2.33. The molecule has 0 bridgehead atoms. The zero-order valence-electron chi connectivity index (χ0n) is 13.0. The first-order chi connectivity index (χ1) is 10.1. The molecule has 0 radical (unpaired) electrons. The van der Waals surface area contributed by atoms with Crippen LogP contribution in [-0.2, 0) is 25.9 Å². The Morgan fingerprint density at radius 1 is 0.955 bits per heavy atom. The fourth-order valence-electron chi connectivity index (χ4n) is 1.71. The second-order valence-electron chi connectivity index (χ2n) is 4.53. The Balaban J connectivity index is 0.00000441. The van der Waals surface area contributed by atoms with E-state index in [4.69, 9.17) is 9.47 Å². The Morgan fingerprint density at radius 2 is 1.59 bits per heavy atom. The van der Waals surface area contributed by atoms with Crippen LogP contribution in [0.15, 0.2) is 29.2 Å². The molecule has 0 fully saturated rings. The summed E-state index contributed by atoms with van der Waals surface area (Å²) in [7, 11) is -0.175. The van der Waals surface area contributed by atoms with Crippen LogP contribution in [0.5, 0.6) is 0 Å². The third kappa shape index (κ3) is 8.07. The van der Waals surface area contributed by atoms with Gasteiger partial charge in [0, 0.05) is 33.9 Å². The second-order valence-corrected chi connectivity index (χ2v) is 6.29. The number of methoxy groups -OCH3 is 2. The molecule has 128 valence electrons. The molecule has 0 aliphatic heterocycles. The van der Waals surface area contributed by atoms with E-state index < -0.39 is 10.0 Å². The van der Waals surface area contributed by atoms with E-state index in [9.17, 15) is 8.42 Å². The monoisotopic (exact) mass is 352 g/mol. The molecule has 0 aromatic heterocycles. The predicted molar refractivity (Wildman–Crippen MR) is 89.2 cm³/mol. The van der Waals surface area contributed by atoms with Crippen LogP contribution in [0.2, 0.25) is 0 Å². The highest BCUT2D eigenvalue weighted by Gasteiger charge is 2.12. The lowest BCUT2D eigenvalue weighted by molar-refractivity contribution is 0.199. The summed E-state index contributed by atoms with van der Waals surface area (Å²) in [5.41, 5.74) is 1.05. The fourth-order valence-corrected chi connectivity index (χ4v) is 2.74. The highest BCUT2D eigenvalue weighted by Crippen LogP contribution is 2.10. The summed E-state index contributed by atoms with van der Waals surface area (Å²) in [6, 6.07) is 6.85. The molecule has 0 amide bonds. The van der Waals surface area contributed by atoms with Crippen LogP contribution in [0.25, 0.3) is 0 Å². The van der Waals surface area contributed by atoms with Crippen molar-refractivity contribution < 1.29 is 17.9 Å². The van der Waals surface area contributed by atoms with Gasteiger partial charge >= 0.3 is 0 Å². The molecule has 1 aromatic rings. The van der Waals surface area contributed by atoms with E-state index in [0.29, 0.717) is 32.8 Å². The van der Waals surface area contributed by atoms with Gasteiger partial charge in [-0.15, -0.1) is 12.4 Å². The van der Waals surface area contributed by atoms with Crippen LogP contribution >= 0.6 is 12.4 Å². The fraction of sp³-hybridized carbons (Fsp3) is 0.571. The minimum absolute atomic E-state index is 0. The summed E-state index contributed by atoms with van der Waals surface area (Å²) in [4.78, 5) is 0.278. The topological polar surface area (TPSA) is 76.7 Å². The van der Waals surface area contributed by atoms with Crippen molar-refractivity contribution >= 4 is 22.4 Å². The molecule has 6 nitrogen and oxygen atoms in total. The van der Waals surface area contributed by atoms with Gasteiger partial charge in [-0.3, -0.25) is 0 Å². The predicted octanol–water partition coefficient (Wildman–Crippen LogP) is 0.812. The van der Waals surface area contributed by atoms with Gasteiger partial charge in [-0.1, -0.05) is 12.1 Å². The van der Waals surface area contributed by atoms with Gasteiger partial charge in [0.2, 0.25) is 10.0 Å². The number of hydrogen-bond donors (Lipinski definition) is 2. The van der Waals surface area contributed by atoms with E-state index in [2.05, 4.69) is 10.0 Å². The zero-order chi connectivity index (χ0) is 15.6. The number of ether oxygens (including phenoxy) is 2. The van der Waals surface area contributed by atoms with Gasteiger partial charge < -0.3 is 14.8 Å². The van der Waals surface area contributed by atoms with Gasteiger partial charge in [0.1, 0.15) is 0 Å². The van der Waals surface area contributed by atoms with Crippen molar-refractivity contribution in [1.82, 2.24) is 10.0 Å². The maximum Gasteiger partial charge on any atom is 0.240 e. The molecule has 0 saturated heterocycles. The van der Waals surface area contributed by atoms with Gasteiger partial charge in [-0.25, -0.2) is 13.1 Å². The first kappa shape index (κ1) is 21.3. The Morgan fingerprint density at radius 3 is 2.18 bits per heavy atom. The minimum Gasteiger partial charge on any atom is -0.384 e. The van der Waals surface area contributed by atoms with Crippen molar-refractivity contribution in [3.63, 3.8) is 0 Å². The van der Waals surface area contributed by atoms with Crippen LogP contribution < -0.4 is 10.0 Å². The number of halogens is 1. The number of benzene rings is 1. The average Bonchev–Trinajstić information content (AvgIpc) is 2.49. The zero-order valence-corrected chi connectivity index (χ0v) is 14.6. The van der Waals surface area contributed by atoms with Gasteiger partial charge in [0.15, 0.2) is 0 Å². The normalized spacial score (nSPS) is 11.2. The molecule has 22 heavy (non-hydrogen) atoms. The van der Waals surface area contributed by atoms with Crippen molar-refractivity contribution in [1.29, 1.82) is 0 Å². The number of rotatable bonds is 11. The summed E-state index contributed by atoms with van der Waals surface area (Å²) in [5, 5.41) is 3.08. The number of sulfonamides is 1. The quantitative estimate of drug-likeness (QED) is 0.576. The minimum atomic E-state index is -3.44. The largest absolute Gasteiger partial charge is 0.384 e. The van der Waals surface area contributed by atoms with Gasteiger partial charge in [-0.2, -0.15) is 0 Å². The van der Waals surface area contributed by atoms with Crippen molar-refractivity contribution in [2.75, 3.05) is 47.1 Å². The van der Waals surface area contributed by atoms with E-state index in [1.807, 2.05) is 12.1 Å². The third-order valence-corrected chi connectivity index (χ3v) is 4.38. The molecule has 0 aliphatic carbocycles.